The van der Waals surface area contributed by atoms with Gasteiger partial charge in [-0.1, -0.05) is 24.3 Å². The molecule has 6 nitrogen and oxygen atoms in total. The van der Waals surface area contributed by atoms with Crippen LogP contribution in [0.25, 0.3) is 10.8 Å². The van der Waals surface area contributed by atoms with Crippen LogP contribution in [0, 0.1) is 5.41 Å². The standard InChI is InChI=1S/C9H10N6/c10-7-5-3-1-2-4-6(5)8(13-7)14-15-9(11)12/h1-4,13H,10H2,(H3,11,12)/b15-14+. The van der Waals surface area contributed by atoms with Crippen LogP contribution < -0.4 is 11.5 Å². The predicted octanol–water partition coefficient (Wildman–Crippen LogP) is 1.73. The number of aromatic amines is 1. The number of nitrogens with zero attached hydrogens (tertiary/aromatic N) is 2. The third-order valence-electron chi connectivity index (χ3n) is 1.98. The first kappa shape index (κ1) is 9.20. The number of benzene rings is 1. The summed E-state index contributed by atoms with van der Waals surface area (Å²) in [7, 11) is 0. The molecule has 0 radical (unpaired) electrons. The van der Waals surface area contributed by atoms with E-state index in [0.717, 1.165) is 10.8 Å². The van der Waals surface area contributed by atoms with E-state index in [9.17, 15) is 0 Å². The Kier molecular flexibility index (Phi) is 2.09. The number of rotatable bonds is 1. The average molecular weight is 202 g/mol. The van der Waals surface area contributed by atoms with Gasteiger partial charge in [0.15, 0.2) is 5.82 Å². The molecule has 0 aliphatic heterocycles. The maximum absolute atomic E-state index is 6.93. The Balaban J connectivity index is 2.57. The highest BCUT2D eigenvalue weighted by Gasteiger charge is 2.05. The summed E-state index contributed by atoms with van der Waals surface area (Å²) in [6.07, 6.45) is 0. The maximum Gasteiger partial charge on any atom is 0.232 e. The number of nitrogen functional groups attached to an aromatic ring is 1. The summed E-state index contributed by atoms with van der Waals surface area (Å²) in [6.45, 7) is 0. The Morgan fingerprint density at radius 1 is 1.27 bits per heavy atom. The normalized spacial score (nSPS) is 11.2. The van der Waals surface area contributed by atoms with Gasteiger partial charge in [-0.2, -0.15) is 0 Å². The number of nitrogens with one attached hydrogen (secondary N) is 2. The molecule has 2 aromatic rings. The van der Waals surface area contributed by atoms with Gasteiger partial charge in [-0.15, -0.1) is 10.2 Å². The van der Waals surface area contributed by atoms with Crippen LogP contribution in [-0.4, -0.2) is 10.9 Å². The Labute approximate surface area is 85.5 Å². The third-order valence-corrected chi connectivity index (χ3v) is 1.98. The van der Waals surface area contributed by atoms with Crippen LogP contribution in [-0.2, 0) is 0 Å². The largest absolute Gasteiger partial charge is 0.385 e. The summed E-state index contributed by atoms with van der Waals surface area (Å²) in [5.74, 6) is 0.702. The van der Waals surface area contributed by atoms with Crippen molar-refractivity contribution in [3.05, 3.63) is 24.3 Å². The minimum atomic E-state index is -0.341. The smallest absolute Gasteiger partial charge is 0.232 e. The van der Waals surface area contributed by atoms with E-state index in [1.54, 1.807) is 0 Å². The van der Waals surface area contributed by atoms with Gasteiger partial charge in [0, 0.05) is 10.8 Å². The zero-order valence-corrected chi connectivity index (χ0v) is 7.86. The van der Waals surface area contributed by atoms with Crippen molar-refractivity contribution in [2.24, 2.45) is 16.0 Å². The van der Waals surface area contributed by atoms with E-state index >= 15 is 0 Å². The number of aromatic nitrogens is 1. The van der Waals surface area contributed by atoms with E-state index in [4.69, 9.17) is 16.9 Å². The van der Waals surface area contributed by atoms with Crippen molar-refractivity contribution in [1.82, 2.24) is 4.98 Å². The fraction of sp³-hybridized carbons (Fsp3) is 0. The van der Waals surface area contributed by atoms with Gasteiger partial charge in [0.1, 0.15) is 5.82 Å². The highest BCUT2D eigenvalue weighted by atomic mass is 15.2. The molecule has 1 aromatic heterocycles. The number of hydrogen-bond donors (Lipinski definition) is 4. The maximum atomic E-state index is 6.93. The molecular formula is C9H10N6. The first-order valence-corrected chi connectivity index (χ1v) is 4.30. The second-order valence-corrected chi connectivity index (χ2v) is 3.02. The van der Waals surface area contributed by atoms with Crippen LogP contribution in [0.1, 0.15) is 0 Å². The molecule has 0 unspecified atom stereocenters. The highest BCUT2D eigenvalue weighted by molar-refractivity contribution is 5.99. The second-order valence-electron chi connectivity index (χ2n) is 3.02. The Morgan fingerprint density at radius 2 is 1.93 bits per heavy atom. The van der Waals surface area contributed by atoms with Crippen molar-refractivity contribution in [2.75, 3.05) is 5.73 Å². The molecule has 0 atom stereocenters. The summed E-state index contributed by atoms with van der Waals surface area (Å²) in [6, 6.07) is 7.52. The summed E-state index contributed by atoms with van der Waals surface area (Å²) in [4.78, 5) is 2.87. The molecule has 0 fully saturated rings. The topological polar surface area (TPSA) is 116 Å². The molecule has 15 heavy (non-hydrogen) atoms. The van der Waals surface area contributed by atoms with Crippen molar-refractivity contribution in [1.29, 1.82) is 5.41 Å². The van der Waals surface area contributed by atoms with Gasteiger partial charge in [0.05, 0.1) is 0 Å². The molecule has 0 saturated heterocycles. The van der Waals surface area contributed by atoms with Gasteiger partial charge in [-0.25, -0.2) is 0 Å². The number of nitrogens with two attached hydrogens (primary N) is 2. The third kappa shape index (κ3) is 1.64. The average Bonchev–Trinajstić information content (AvgIpc) is 2.54. The Bertz CT molecular complexity index is 539. The van der Waals surface area contributed by atoms with E-state index in [0.29, 0.717) is 11.6 Å². The van der Waals surface area contributed by atoms with Crippen LogP contribution in [0.4, 0.5) is 11.6 Å². The van der Waals surface area contributed by atoms with Crippen molar-refractivity contribution in [3.8, 4) is 0 Å². The van der Waals surface area contributed by atoms with E-state index in [1.165, 1.54) is 0 Å². The van der Waals surface area contributed by atoms with Crippen LogP contribution >= 0.6 is 0 Å². The van der Waals surface area contributed by atoms with Crippen LogP contribution in [0.5, 0.6) is 0 Å². The summed E-state index contributed by atoms with van der Waals surface area (Å²) in [5, 5.41) is 15.9. The van der Waals surface area contributed by atoms with Gasteiger partial charge in [-0.3, -0.25) is 5.41 Å². The lowest BCUT2D eigenvalue weighted by Gasteiger charge is -1.89. The van der Waals surface area contributed by atoms with Gasteiger partial charge in [-0.05, 0) is 0 Å². The first-order valence-electron chi connectivity index (χ1n) is 4.30. The van der Waals surface area contributed by atoms with Gasteiger partial charge in [0.2, 0.25) is 5.96 Å². The summed E-state index contributed by atoms with van der Waals surface area (Å²) < 4.78 is 0. The molecule has 1 heterocycles. The van der Waals surface area contributed by atoms with E-state index in [1.807, 2.05) is 24.3 Å². The first-order chi connectivity index (χ1) is 7.18. The zero-order chi connectivity index (χ0) is 10.8. The lowest BCUT2D eigenvalue weighted by molar-refractivity contribution is 1.18. The minimum Gasteiger partial charge on any atom is -0.385 e. The molecule has 6 N–H and O–H groups in total. The molecule has 0 saturated carbocycles. The number of hydrogen-bond acceptors (Lipinski definition) is 3. The zero-order valence-electron chi connectivity index (χ0n) is 7.86. The van der Waals surface area contributed by atoms with Crippen LogP contribution in [0.15, 0.2) is 34.5 Å². The molecule has 0 amide bonds. The predicted molar refractivity (Wildman–Crippen MR) is 59.1 cm³/mol. The fourth-order valence-corrected chi connectivity index (χ4v) is 1.37. The van der Waals surface area contributed by atoms with E-state index in [-0.39, 0.29) is 5.96 Å². The number of anilines is 1. The van der Waals surface area contributed by atoms with Crippen molar-refractivity contribution in [2.45, 2.75) is 0 Å². The number of H-pyrrole nitrogens is 1. The van der Waals surface area contributed by atoms with E-state index in [2.05, 4.69) is 15.2 Å². The monoisotopic (exact) mass is 202 g/mol. The van der Waals surface area contributed by atoms with Crippen LogP contribution in [0.3, 0.4) is 0 Å². The van der Waals surface area contributed by atoms with Gasteiger partial charge < -0.3 is 16.5 Å². The van der Waals surface area contributed by atoms with Crippen molar-refractivity contribution >= 4 is 28.4 Å². The number of azo groups is 1. The lowest BCUT2D eigenvalue weighted by Crippen LogP contribution is -2.03. The molecule has 0 spiro atoms. The van der Waals surface area contributed by atoms with E-state index < -0.39 is 0 Å². The van der Waals surface area contributed by atoms with Crippen molar-refractivity contribution < 1.29 is 0 Å². The Morgan fingerprint density at radius 3 is 2.60 bits per heavy atom. The molecular weight excluding hydrogens is 192 g/mol. The minimum absolute atomic E-state index is 0.341. The van der Waals surface area contributed by atoms with Gasteiger partial charge >= 0.3 is 0 Å². The molecule has 0 bridgehead atoms. The molecule has 0 aliphatic carbocycles. The second kappa shape index (κ2) is 3.41. The molecule has 2 rings (SSSR count). The quantitative estimate of drug-likeness (QED) is 0.320. The molecule has 76 valence electrons. The number of fused-ring (bicyclic) bond motifs is 1. The molecule has 0 aliphatic rings. The highest BCUT2D eigenvalue weighted by Crippen LogP contribution is 2.29. The Hall–Kier alpha value is -2.37. The molecule has 1 aromatic carbocycles. The van der Waals surface area contributed by atoms with Crippen molar-refractivity contribution in [3.63, 3.8) is 0 Å². The fourth-order valence-electron chi connectivity index (χ4n) is 1.37. The lowest BCUT2D eigenvalue weighted by atomic mass is 10.2. The SMILES string of the molecule is N=C(N)/N=N/c1[nH]c(N)c2ccccc12. The summed E-state index contributed by atoms with van der Waals surface area (Å²) in [5.41, 5.74) is 10.8. The molecule has 6 heteroatoms. The van der Waals surface area contributed by atoms with Crippen LogP contribution in [0.2, 0.25) is 0 Å². The van der Waals surface area contributed by atoms with Gasteiger partial charge in [0.25, 0.3) is 0 Å². The number of guanidine groups is 1. The summed E-state index contributed by atoms with van der Waals surface area (Å²) >= 11 is 0.